The molecule has 3 N–H and O–H groups in total. The minimum atomic E-state index is -0.101. The van der Waals surface area contributed by atoms with Gasteiger partial charge in [-0.1, -0.05) is 19.1 Å². The molecule has 0 fully saturated rings. The van der Waals surface area contributed by atoms with E-state index in [4.69, 9.17) is 5.84 Å². The summed E-state index contributed by atoms with van der Waals surface area (Å²) in [5.74, 6) is 6.72. The monoisotopic (exact) mass is 273 g/mol. The van der Waals surface area contributed by atoms with Gasteiger partial charge in [0.25, 0.3) is 0 Å². The highest BCUT2D eigenvalue weighted by Crippen LogP contribution is 2.23. The molecule has 0 amide bonds. The lowest BCUT2D eigenvalue weighted by Crippen LogP contribution is -2.31. The second-order valence-corrected chi connectivity index (χ2v) is 5.07. The first-order chi connectivity index (χ1) is 9.67. The lowest BCUT2D eigenvalue weighted by Gasteiger charge is -2.20. The molecule has 0 spiro atoms. The van der Waals surface area contributed by atoms with Crippen LogP contribution in [0, 0.1) is 0 Å². The number of aromatic nitrogens is 2. The van der Waals surface area contributed by atoms with Crippen molar-refractivity contribution >= 4 is 5.69 Å². The summed E-state index contributed by atoms with van der Waals surface area (Å²) in [5.41, 5.74) is 5.15. The van der Waals surface area contributed by atoms with Crippen LogP contribution in [0.5, 0.6) is 0 Å². The molecular weight excluding hydrogens is 250 g/mol. The molecule has 1 aromatic heterocycles. The van der Waals surface area contributed by atoms with Crippen molar-refractivity contribution in [3.63, 3.8) is 0 Å². The summed E-state index contributed by atoms with van der Waals surface area (Å²) in [7, 11) is 4.06. The Hall–Kier alpha value is -1.85. The van der Waals surface area contributed by atoms with E-state index >= 15 is 0 Å². The van der Waals surface area contributed by atoms with Crippen LogP contribution in [0.1, 0.15) is 30.8 Å². The van der Waals surface area contributed by atoms with Crippen molar-refractivity contribution in [3.8, 4) is 0 Å². The number of nitrogens with two attached hydrogens (primary N) is 1. The topological polar surface area (TPSA) is 59.1 Å². The molecule has 0 saturated heterocycles. The Morgan fingerprint density at radius 2 is 2.20 bits per heavy atom. The SMILES string of the molecule is CCCn1ccnc1C(NN)c1cccc(N(C)C)c1. The van der Waals surface area contributed by atoms with Gasteiger partial charge in [0.1, 0.15) is 11.9 Å². The van der Waals surface area contributed by atoms with Crippen LogP contribution in [0.4, 0.5) is 5.69 Å². The predicted octanol–water partition coefficient (Wildman–Crippen LogP) is 1.91. The maximum atomic E-state index is 5.77. The van der Waals surface area contributed by atoms with Crippen molar-refractivity contribution in [2.24, 2.45) is 5.84 Å². The summed E-state index contributed by atoms with van der Waals surface area (Å²) in [6, 6.07) is 8.23. The molecule has 1 aromatic carbocycles. The van der Waals surface area contributed by atoms with E-state index in [1.165, 1.54) is 0 Å². The quantitative estimate of drug-likeness (QED) is 0.623. The van der Waals surface area contributed by atoms with Crippen LogP contribution in [0.2, 0.25) is 0 Å². The first kappa shape index (κ1) is 14.6. The number of anilines is 1. The highest BCUT2D eigenvalue weighted by Gasteiger charge is 2.18. The third-order valence-electron chi connectivity index (χ3n) is 3.36. The number of rotatable bonds is 6. The number of hydrazine groups is 1. The smallest absolute Gasteiger partial charge is 0.131 e. The largest absolute Gasteiger partial charge is 0.378 e. The van der Waals surface area contributed by atoms with Gasteiger partial charge in [-0.25, -0.2) is 10.4 Å². The van der Waals surface area contributed by atoms with Crippen molar-refractivity contribution in [1.82, 2.24) is 15.0 Å². The van der Waals surface area contributed by atoms with Gasteiger partial charge in [-0.15, -0.1) is 0 Å². The van der Waals surface area contributed by atoms with Gasteiger partial charge in [0.2, 0.25) is 0 Å². The van der Waals surface area contributed by atoms with Gasteiger partial charge in [-0.2, -0.15) is 0 Å². The zero-order valence-corrected chi connectivity index (χ0v) is 12.4. The van der Waals surface area contributed by atoms with E-state index in [1.54, 1.807) is 0 Å². The Kier molecular flexibility index (Phi) is 4.76. The summed E-state index contributed by atoms with van der Waals surface area (Å²) < 4.78 is 2.15. The first-order valence-electron chi connectivity index (χ1n) is 6.91. The number of aryl methyl sites for hydroxylation is 1. The zero-order chi connectivity index (χ0) is 14.5. The maximum absolute atomic E-state index is 5.77. The van der Waals surface area contributed by atoms with Crippen LogP contribution >= 0.6 is 0 Å². The highest BCUT2D eigenvalue weighted by molar-refractivity contribution is 5.48. The average Bonchev–Trinajstić information content (AvgIpc) is 2.89. The highest BCUT2D eigenvalue weighted by atomic mass is 15.3. The molecule has 0 aliphatic carbocycles. The van der Waals surface area contributed by atoms with E-state index in [-0.39, 0.29) is 6.04 Å². The lowest BCUT2D eigenvalue weighted by atomic mass is 10.1. The fraction of sp³-hybridized carbons (Fsp3) is 0.400. The van der Waals surface area contributed by atoms with Crippen LogP contribution in [0.15, 0.2) is 36.7 Å². The minimum Gasteiger partial charge on any atom is -0.378 e. The van der Waals surface area contributed by atoms with Gasteiger partial charge < -0.3 is 9.47 Å². The van der Waals surface area contributed by atoms with E-state index in [1.807, 2.05) is 32.6 Å². The third-order valence-corrected chi connectivity index (χ3v) is 3.36. The van der Waals surface area contributed by atoms with Gasteiger partial charge >= 0.3 is 0 Å². The van der Waals surface area contributed by atoms with Gasteiger partial charge in [-0.05, 0) is 24.1 Å². The van der Waals surface area contributed by atoms with Crippen molar-refractivity contribution in [1.29, 1.82) is 0 Å². The summed E-state index contributed by atoms with van der Waals surface area (Å²) in [6.45, 7) is 3.10. The van der Waals surface area contributed by atoms with E-state index in [0.29, 0.717) is 0 Å². The molecule has 0 aliphatic rings. The number of nitrogens with zero attached hydrogens (tertiary/aromatic N) is 3. The molecular formula is C15H23N5. The molecule has 5 heteroatoms. The Bertz CT molecular complexity index is 547. The Labute approximate surface area is 120 Å². The van der Waals surface area contributed by atoms with E-state index < -0.39 is 0 Å². The Morgan fingerprint density at radius 1 is 1.40 bits per heavy atom. The molecule has 1 unspecified atom stereocenters. The third kappa shape index (κ3) is 3.00. The molecule has 0 radical (unpaired) electrons. The van der Waals surface area contributed by atoms with Crippen LogP contribution < -0.4 is 16.2 Å². The fourth-order valence-electron chi connectivity index (χ4n) is 2.31. The van der Waals surface area contributed by atoms with Crippen molar-refractivity contribution < 1.29 is 0 Å². The number of hydrogen-bond acceptors (Lipinski definition) is 4. The number of hydrogen-bond donors (Lipinski definition) is 2. The number of imidazole rings is 1. The minimum absolute atomic E-state index is 0.101. The van der Waals surface area contributed by atoms with Gasteiger partial charge in [0.15, 0.2) is 0 Å². The Balaban J connectivity index is 2.36. The second kappa shape index (κ2) is 6.54. The zero-order valence-electron chi connectivity index (χ0n) is 12.4. The summed E-state index contributed by atoms with van der Waals surface area (Å²) in [5, 5.41) is 0. The molecule has 1 heterocycles. The normalized spacial score (nSPS) is 12.4. The van der Waals surface area contributed by atoms with Crippen LogP contribution in [0.25, 0.3) is 0 Å². The molecule has 0 saturated carbocycles. The molecule has 2 rings (SSSR count). The molecule has 2 aromatic rings. The number of nitrogens with one attached hydrogen (secondary N) is 1. The fourth-order valence-corrected chi connectivity index (χ4v) is 2.31. The molecule has 0 bridgehead atoms. The van der Waals surface area contributed by atoms with Crippen LogP contribution in [-0.4, -0.2) is 23.6 Å². The van der Waals surface area contributed by atoms with Crippen molar-refractivity contribution in [3.05, 3.63) is 48.0 Å². The molecule has 20 heavy (non-hydrogen) atoms. The van der Waals surface area contributed by atoms with E-state index in [9.17, 15) is 0 Å². The van der Waals surface area contributed by atoms with Gasteiger partial charge in [-0.3, -0.25) is 5.84 Å². The average molecular weight is 273 g/mol. The molecule has 5 nitrogen and oxygen atoms in total. The van der Waals surface area contributed by atoms with Crippen LogP contribution in [-0.2, 0) is 6.54 Å². The van der Waals surface area contributed by atoms with Gasteiger partial charge in [0.05, 0.1) is 0 Å². The summed E-state index contributed by atoms with van der Waals surface area (Å²) in [4.78, 5) is 6.54. The second-order valence-electron chi connectivity index (χ2n) is 5.07. The lowest BCUT2D eigenvalue weighted by molar-refractivity contribution is 0.545. The van der Waals surface area contributed by atoms with Crippen LogP contribution in [0.3, 0.4) is 0 Å². The van der Waals surface area contributed by atoms with E-state index in [2.05, 4.69) is 45.0 Å². The number of benzene rings is 1. The van der Waals surface area contributed by atoms with Gasteiger partial charge in [0, 0.05) is 38.7 Å². The first-order valence-corrected chi connectivity index (χ1v) is 6.91. The molecule has 1 atom stereocenters. The Morgan fingerprint density at radius 3 is 2.85 bits per heavy atom. The molecule has 0 aliphatic heterocycles. The molecule has 108 valence electrons. The van der Waals surface area contributed by atoms with Crippen molar-refractivity contribution in [2.45, 2.75) is 25.9 Å². The van der Waals surface area contributed by atoms with Crippen molar-refractivity contribution in [2.75, 3.05) is 19.0 Å². The summed E-state index contributed by atoms with van der Waals surface area (Å²) >= 11 is 0. The predicted molar refractivity (Wildman–Crippen MR) is 82.5 cm³/mol. The standard InChI is InChI=1S/C15H23N5/c1-4-9-20-10-8-17-15(20)14(18-16)12-6-5-7-13(11-12)19(2)3/h5-8,10-11,14,18H,4,9,16H2,1-3H3. The summed E-state index contributed by atoms with van der Waals surface area (Å²) in [6.07, 6.45) is 4.89. The van der Waals surface area contributed by atoms with E-state index in [0.717, 1.165) is 30.0 Å². The maximum Gasteiger partial charge on any atom is 0.131 e.